The monoisotopic (exact) mass is 440 g/mol. The number of hydrogen-bond donors (Lipinski definition) is 4. The van der Waals surface area contributed by atoms with E-state index in [2.05, 4.69) is 16.0 Å². The second kappa shape index (κ2) is 11.0. The highest BCUT2D eigenvalue weighted by Gasteiger charge is 2.30. The van der Waals surface area contributed by atoms with Gasteiger partial charge in [-0.05, 0) is 44.3 Å². The van der Waals surface area contributed by atoms with Gasteiger partial charge in [0, 0.05) is 35.9 Å². The molecule has 0 spiro atoms. The maximum absolute atomic E-state index is 13.1. The first-order valence-electron chi connectivity index (χ1n) is 10.9. The van der Waals surface area contributed by atoms with Gasteiger partial charge in [-0.15, -0.1) is 0 Å². The van der Waals surface area contributed by atoms with Crippen LogP contribution in [0.2, 0.25) is 0 Å². The van der Waals surface area contributed by atoms with Crippen molar-refractivity contribution in [3.63, 3.8) is 0 Å². The third-order valence-corrected chi connectivity index (χ3v) is 5.61. The van der Waals surface area contributed by atoms with Crippen LogP contribution < -0.4 is 20.7 Å². The van der Waals surface area contributed by atoms with Crippen molar-refractivity contribution >= 4 is 23.3 Å². The normalized spacial score (nSPS) is 19.6. The highest BCUT2D eigenvalue weighted by Crippen LogP contribution is 2.29. The smallest absolute Gasteiger partial charge is 0.323 e. The van der Waals surface area contributed by atoms with Crippen molar-refractivity contribution in [2.45, 2.75) is 32.4 Å². The molecule has 32 heavy (non-hydrogen) atoms. The lowest BCUT2D eigenvalue weighted by molar-refractivity contribution is -0.134. The van der Waals surface area contributed by atoms with Gasteiger partial charge in [0.2, 0.25) is 5.91 Å². The molecule has 1 aliphatic rings. The van der Waals surface area contributed by atoms with Crippen LogP contribution in [0.25, 0.3) is 0 Å². The Bertz CT molecular complexity index is 921. The minimum absolute atomic E-state index is 0.0563. The third-order valence-electron chi connectivity index (χ3n) is 5.61. The zero-order chi connectivity index (χ0) is 23.1. The summed E-state index contributed by atoms with van der Waals surface area (Å²) in [6.07, 6.45) is -0.0349. The van der Waals surface area contributed by atoms with E-state index in [0.717, 1.165) is 0 Å². The van der Waals surface area contributed by atoms with E-state index in [9.17, 15) is 14.7 Å². The number of aliphatic hydroxyl groups is 1. The maximum Gasteiger partial charge on any atom is 0.323 e. The number of rotatable bonds is 6. The summed E-state index contributed by atoms with van der Waals surface area (Å²) in [4.78, 5) is 27.2. The molecule has 0 radical (unpaired) electrons. The number of benzene rings is 2. The molecule has 0 aliphatic carbocycles. The Morgan fingerprint density at radius 2 is 1.91 bits per heavy atom. The quantitative estimate of drug-likeness (QED) is 0.553. The number of aliphatic hydroxyl groups excluding tert-OH is 1. The number of carbonyl (C=O) groups is 2. The average Bonchev–Trinajstić information content (AvgIpc) is 2.82. The molecule has 2 aromatic rings. The summed E-state index contributed by atoms with van der Waals surface area (Å²) in [6, 6.07) is 13.8. The van der Waals surface area contributed by atoms with Gasteiger partial charge in [0.05, 0.1) is 19.1 Å². The molecule has 0 fully saturated rings. The summed E-state index contributed by atoms with van der Waals surface area (Å²) in [5.41, 5.74) is 1.94. The topological polar surface area (TPSA) is 103 Å². The molecule has 8 heteroatoms. The average molecular weight is 441 g/mol. The van der Waals surface area contributed by atoms with Crippen LogP contribution in [0.1, 0.15) is 19.4 Å². The Morgan fingerprint density at radius 1 is 1.19 bits per heavy atom. The molecule has 2 aromatic carbocycles. The van der Waals surface area contributed by atoms with Crippen molar-refractivity contribution in [3.05, 3.63) is 54.1 Å². The van der Waals surface area contributed by atoms with Gasteiger partial charge in [0.15, 0.2) is 0 Å². The van der Waals surface area contributed by atoms with Crippen LogP contribution in [0.3, 0.4) is 0 Å². The van der Waals surface area contributed by atoms with E-state index in [-0.39, 0.29) is 43.0 Å². The molecule has 0 bridgehead atoms. The Balaban J connectivity index is 1.85. The lowest BCUT2D eigenvalue weighted by atomic mass is 10.0. The molecule has 4 N–H and O–H groups in total. The van der Waals surface area contributed by atoms with Crippen molar-refractivity contribution < 1.29 is 19.4 Å². The Morgan fingerprint density at radius 3 is 2.59 bits per heavy atom. The lowest BCUT2D eigenvalue weighted by Crippen LogP contribution is -2.47. The van der Waals surface area contributed by atoms with Gasteiger partial charge in [-0.3, -0.25) is 4.79 Å². The first-order chi connectivity index (χ1) is 15.4. The van der Waals surface area contributed by atoms with Gasteiger partial charge in [-0.25, -0.2) is 4.79 Å². The zero-order valence-corrected chi connectivity index (χ0v) is 18.8. The van der Waals surface area contributed by atoms with Crippen LogP contribution in [0.4, 0.5) is 16.2 Å². The minimum Gasteiger partial charge on any atom is -0.488 e. The second-order valence-corrected chi connectivity index (χ2v) is 8.21. The van der Waals surface area contributed by atoms with Gasteiger partial charge < -0.3 is 30.7 Å². The van der Waals surface area contributed by atoms with Gasteiger partial charge in [-0.2, -0.15) is 0 Å². The minimum atomic E-state index is -0.372. The molecule has 3 amide bonds. The number of anilines is 2. The SMILES string of the molecule is CNC[C@H]1Oc2ccc(NC(=O)Nc3ccccc3)cc2CC(=O)N([C@@H](C)CO)C[C@H]1C. The van der Waals surface area contributed by atoms with E-state index in [4.69, 9.17) is 4.74 Å². The second-order valence-electron chi connectivity index (χ2n) is 8.21. The van der Waals surface area contributed by atoms with Crippen molar-refractivity contribution in [2.75, 3.05) is 37.4 Å². The molecule has 1 heterocycles. The predicted octanol–water partition coefficient (Wildman–Crippen LogP) is 2.70. The zero-order valence-electron chi connectivity index (χ0n) is 18.8. The van der Waals surface area contributed by atoms with Gasteiger partial charge in [0.25, 0.3) is 0 Å². The standard InChI is InChI=1S/C24H32N4O4/c1-16-14-28(17(2)15-29)23(30)12-18-11-20(9-10-21(18)32-22(16)13-25-3)27-24(31)26-19-7-5-4-6-8-19/h4-11,16-17,22,25,29H,12-15H2,1-3H3,(H2,26,27,31)/t16-,17+,22-/m1/s1. The van der Waals surface area contributed by atoms with E-state index in [0.29, 0.717) is 35.8 Å². The van der Waals surface area contributed by atoms with Crippen molar-refractivity contribution in [1.82, 2.24) is 10.2 Å². The summed E-state index contributed by atoms with van der Waals surface area (Å²) in [7, 11) is 1.86. The first kappa shape index (κ1) is 23.6. The summed E-state index contributed by atoms with van der Waals surface area (Å²) >= 11 is 0. The number of amides is 3. The van der Waals surface area contributed by atoms with Crippen molar-refractivity contribution in [3.8, 4) is 5.75 Å². The summed E-state index contributed by atoms with van der Waals surface area (Å²) < 4.78 is 6.30. The number of fused-ring (bicyclic) bond motifs is 1. The van der Waals surface area contributed by atoms with E-state index < -0.39 is 0 Å². The number of nitrogens with zero attached hydrogens (tertiary/aromatic N) is 1. The number of likely N-dealkylation sites (N-methyl/N-ethyl adjacent to an activating group) is 1. The summed E-state index contributed by atoms with van der Waals surface area (Å²) in [5.74, 6) is 0.595. The molecule has 1 aliphatic heterocycles. The van der Waals surface area contributed by atoms with Gasteiger partial charge in [-0.1, -0.05) is 25.1 Å². The van der Waals surface area contributed by atoms with Crippen LogP contribution in [-0.4, -0.2) is 60.8 Å². The van der Waals surface area contributed by atoms with E-state index in [1.807, 2.05) is 39.1 Å². The van der Waals surface area contributed by atoms with Crippen molar-refractivity contribution in [1.29, 1.82) is 0 Å². The fourth-order valence-corrected chi connectivity index (χ4v) is 3.77. The summed E-state index contributed by atoms with van der Waals surface area (Å²) in [5, 5.41) is 18.4. The van der Waals surface area contributed by atoms with Crippen LogP contribution in [-0.2, 0) is 11.2 Å². The third kappa shape index (κ3) is 5.99. The van der Waals surface area contributed by atoms with Crippen LogP contribution >= 0.6 is 0 Å². The van der Waals surface area contributed by atoms with E-state index in [1.54, 1.807) is 35.2 Å². The van der Waals surface area contributed by atoms with Crippen molar-refractivity contribution in [2.24, 2.45) is 5.92 Å². The molecule has 3 rings (SSSR count). The number of ether oxygens (including phenoxy) is 1. The van der Waals surface area contributed by atoms with Crippen LogP contribution in [0.15, 0.2) is 48.5 Å². The van der Waals surface area contributed by atoms with Crippen LogP contribution in [0.5, 0.6) is 5.75 Å². The molecule has 0 saturated heterocycles. The molecular formula is C24H32N4O4. The molecule has 8 nitrogen and oxygen atoms in total. The molecule has 3 atom stereocenters. The number of para-hydroxylation sites is 1. The number of carbonyl (C=O) groups excluding carboxylic acids is 2. The predicted molar refractivity (Wildman–Crippen MR) is 125 cm³/mol. The molecule has 0 saturated carbocycles. The molecule has 172 valence electrons. The number of urea groups is 1. The molecule has 0 unspecified atom stereocenters. The first-order valence-corrected chi connectivity index (χ1v) is 10.9. The maximum atomic E-state index is 13.1. The molecule has 0 aromatic heterocycles. The Kier molecular flexibility index (Phi) is 8.08. The number of hydrogen-bond acceptors (Lipinski definition) is 5. The van der Waals surface area contributed by atoms with E-state index >= 15 is 0 Å². The highest BCUT2D eigenvalue weighted by atomic mass is 16.5. The molecular weight excluding hydrogens is 408 g/mol. The number of nitrogens with one attached hydrogen (secondary N) is 3. The highest BCUT2D eigenvalue weighted by molar-refractivity contribution is 5.99. The fourth-order valence-electron chi connectivity index (χ4n) is 3.77. The summed E-state index contributed by atoms with van der Waals surface area (Å²) in [6.45, 7) is 4.88. The van der Waals surface area contributed by atoms with Gasteiger partial charge in [0.1, 0.15) is 11.9 Å². The largest absolute Gasteiger partial charge is 0.488 e. The fraction of sp³-hybridized carbons (Fsp3) is 0.417. The Hall–Kier alpha value is -3.10. The lowest BCUT2D eigenvalue weighted by Gasteiger charge is -2.32. The van der Waals surface area contributed by atoms with E-state index in [1.165, 1.54) is 0 Å². The Labute approximate surface area is 189 Å². The van der Waals surface area contributed by atoms with Gasteiger partial charge >= 0.3 is 6.03 Å². The van der Waals surface area contributed by atoms with Crippen LogP contribution in [0, 0.1) is 5.92 Å².